The molecule has 1 aliphatic heterocycles. The van der Waals surface area contributed by atoms with Crippen molar-refractivity contribution in [1.82, 2.24) is 4.90 Å². The summed E-state index contributed by atoms with van der Waals surface area (Å²) in [6.07, 6.45) is 7.14. The minimum absolute atomic E-state index is 0.177. The summed E-state index contributed by atoms with van der Waals surface area (Å²) in [5.74, 6) is 1.13. The van der Waals surface area contributed by atoms with Crippen molar-refractivity contribution in [2.75, 3.05) is 24.1 Å². The van der Waals surface area contributed by atoms with Gasteiger partial charge in [-0.2, -0.15) is 0 Å². The van der Waals surface area contributed by atoms with E-state index in [2.05, 4.69) is 16.3 Å². The summed E-state index contributed by atoms with van der Waals surface area (Å²) in [6.45, 7) is 2.16. The van der Waals surface area contributed by atoms with Gasteiger partial charge >= 0.3 is 0 Å². The van der Waals surface area contributed by atoms with Crippen molar-refractivity contribution < 1.29 is 10.2 Å². The van der Waals surface area contributed by atoms with E-state index in [0.717, 1.165) is 62.5 Å². The molecule has 5 heteroatoms. The number of likely N-dealkylation sites (tertiary alicyclic amines) is 1. The number of aliphatic hydroxyl groups is 1. The first kappa shape index (κ1) is 19.4. The van der Waals surface area contributed by atoms with Crippen molar-refractivity contribution in [3.05, 3.63) is 53.6 Å². The zero-order valence-corrected chi connectivity index (χ0v) is 18.1. The SMILES string of the molecule is Nc1ccc(NC2CCC3(O)C4Cc5ccc(O)cc5C3(CCN4CC3CC3)C2)cc1. The van der Waals surface area contributed by atoms with E-state index in [4.69, 9.17) is 5.73 Å². The van der Waals surface area contributed by atoms with Crippen molar-refractivity contribution in [2.45, 2.75) is 68.0 Å². The predicted molar refractivity (Wildman–Crippen MR) is 123 cm³/mol. The standard InChI is InChI=1S/C26H33N3O2/c27-19-4-6-20(7-5-19)28-21-9-10-26(31)24-13-18-3-8-22(30)14-23(18)25(26,15-21)11-12-29(24)16-17-1-2-17/h3-8,14,17,21,24,28,30-31H,1-2,9-13,15-16,27H2. The highest BCUT2D eigenvalue weighted by Gasteiger charge is 2.64. The Balaban J connectivity index is 1.37. The van der Waals surface area contributed by atoms with Gasteiger partial charge in [-0.1, -0.05) is 6.07 Å². The van der Waals surface area contributed by atoms with Gasteiger partial charge in [0, 0.05) is 35.4 Å². The number of nitrogens with zero attached hydrogens (tertiary/aromatic N) is 1. The molecule has 0 radical (unpaired) electrons. The Bertz CT molecular complexity index is 989. The van der Waals surface area contributed by atoms with E-state index in [1.54, 1.807) is 0 Å². The maximum absolute atomic E-state index is 12.4. The number of nitrogens with two attached hydrogens (primary N) is 1. The monoisotopic (exact) mass is 419 g/mol. The highest BCUT2D eigenvalue weighted by molar-refractivity contribution is 5.53. The van der Waals surface area contributed by atoms with Crippen molar-refractivity contribution in [3.8, 4) is 5.75 Å². The molecule has 3 aliphatic carbocycles. The fraction of sp³-hybridized carbons (Fsp3) is 0.538. The number of phenols is 1. The molecule has 5 N–H and O–H groups in total. The lowest BCUT2D eigenvalue weighted by Crippen LogP contribution is -2.74. The van der Waals surface area contributed by atoms with E-state index in [-0.39, 0.29) is 17.5 Å². The van der Waals surface area contributed by atoms with E-state index in [1.807, 2.05) is 36.4 Å². The molecule has 2 bridgehead atoms. The van der Waals surface area contributed by atoms with Crippen LogP contribution in [-0.4, -0.2) is 45.9 Å². The Labute approximate surface area is 184 Å². The fourth-order valence-corrected chi connectivity index (χ4v) is 6.89. The molecule has 2 aromatic carbocycles. The molecule has 4 unspecified atom stereocenters. The van der Waals surface area contributed by atoms with Crippen molar-refractivity contribution in [1.29, 1.82) is 0 Å². The number of rotatable bonds is 4. The molecule has 1 saturated heterocycles. The smallest absolute Gasteiger partial charge is 0.115 e. The largest absolute Gasteiger partial charge is 0.508 e. The zero-order valence-electron chi connectivity index (χ0n) is 18.1. The normalized spacial score (nSPS) is 34.6. The van der Waals surface area contributed by atoms with Gasteiger partial charge in [-0.25, -0.2) is 0 Å². The van der Waals surface area contributed by atoms with Crippen LogP contribution in [0.4, 0.5) is 11.4 Å². The first-order valence-corrected chi connectivity index (χ1v) is 11.9. The second kappa shape index (κ2) is 6.88. The number of nitrogen functional groups attached to an aromatic ring is 1. The predicted octanol–water partition coefficient (Wildman–Crippen LogP) is 3.65. The minimum atomic E-state index is -0.736. The number of piperidine rings is 1. The van der Waals surface area contributed by atoms with Gasteiger partial charge in [0.25, 0.3) is 0 Å². The molecule has 5 nitrogen and oxygen atoms in total. The van der Waals surface area contributed by atoms with Crippen LogP contribution in [0.25, 0.3) is 0 Å². The fourth-order valence-electron chi connectivity index (χ4n) is 6.89. The van der Waals surface area contributed by atoms with Crippen molar-refractivity contribution in [2.24, 2.45) is 5.92 Å². The van der Waals surface area contributed by atoms with Crippen LogP contribution in [0.3, 0.4) is 0 Å². The molecular formula is C26H33N3O2. The Morgan fingerprint density at radius 1 is 1.06 bits per heavy atom. The molecule has 0 aromatic heterocycles. The number of hydrogen-bond donors (Lipinski definition) is 4. The third kappa shape index (κ3) is 3.05. The van der Waals surface area contributed by atoms with E-state index < -0.39 is 5.60 Å². The number of fused-ring (bicyclic) bond motifs is 1. The summed E-state index contributed by atoms with van der Waals surface area (Å²) in [5.41, 5.74) is 9.15. The maximum atomic E-state index is 12.4. The van der Waals surface area contributed by atoms with Crippen molar-refractivity contribution >= 4 is 11.4 Å². The summed E-state index contributed by atoms with van der Waals surface area (Å²) >= 11 is 0. The molecule has 2 saturated carbocycles. The molecule has 1 heterocycles. The molecular weight excluding hydrogens is 386 g/mol. The van der Waals surface area contributed by atoms with Gasteiger partial charge in [0.2, 0.25) is 0 Å². The molecule has 0 spiro atoms. The van der Waals surface area contributed by atoms with Crippen LogP contribution in [0, 0.1) is 5.92 Å². The molecule has 0 amide bonds. The molecule has 164 valence electrons. The molecule has 4 atom stereocenters. The first-order chi connectivity index (χ1) is 15.0. The summed E-state index contributed by atoms with van der Waals surface area (Å²) < 4.78 is 0. The maximum Gasteiger partial charge on any atom is 0.115 e. The van der Waals surface area contributed by atoms with Crippen LogP contribution < -0.4 is 11.1 Å². The minimum Gasteiger partial charge on any atom is -0.508 e. The van der Waals surface area contributed by atoms with Gasteiger partial charge in [-0.15, -0.1) is 0 Å². The number of phenolic OH excluding ortho intramolecular Hbond substituents is 1. The Morgan fingerprint density at radius 3 is 2.65 bits per heavy atom. The van der Waals surface area contributed by atoms with Crippen LogP contribution in [0.15, 0.2) is 42.5 Å². The number of benzene rings is 2. The second-order valence-corrected chi connectivity index (χ2v) is 10.5. The van der Waals surface area contributed by atoms with E-state index >= 15 is 0 Å². The van der Waals surface area contributed by atoms with Crippen LogP contribution in [0.5, 0.6) is 5.75 Å². The molecule has 31 heavy (non-hydrogen) atoms. The van der Waals surface area contributed by atoms with Gasteiger partial charge in [-0.05, 0) is 105 Å². The summed E-state index contributed by atoms with van der Waals surface area (Å²) in [4.78, 5) is 2.60. The molecule has 4 aliphatic rings. The number of aromatic hydroxyl groups is 1. The quantitative estimate of drug-likeness (QED) is 0.569. The summed E-state index contributed by atoms with van der Waals surface area (Å²) in [6, 6.07) is 14.2. The lowest BCUT2D eigenvalue weighted by molar-refractivity contribution is -0.168. The summed E-state index contributed by atoms with van der Waals surface area (Å²) in [7, 11) is 0. The highest BCUT2D eigenvalue weighted by Crippen LogP contribution is 2.59. The number of anilines is 2. The molecule has 3 fully saturated rings. The van der Waals surface area contributed by atoms with E-state index in [0.29, 0.717) is 5.75 Å². The third-order valence-corrected chi connectivity index (χ3v) is 8.61. The van der Waals surface area contributed by atoms with Gasteiger partial charge in [0.1, 0.15) is 5.75 Å². The summed E-state index contributed by atoms with van der Waals surface area (Å²) in [5, 5.41) is 26.4. The molecule has 6 rings (SSSR count). The lowest BCUT2D eigenvalue weighted by atomic mass is 9.49. The number of hydrogen-bond acceptors (Lipinski definition) is 5. The van der Waals surface area contributed by atoms with E-state index in [1.165, 1.54) is 24.0 Å². The Kier molecular flexibility index (Phi) is 4.31. The average Bonchev–Trinajstić information content (AvgIpc) is 3.57. The number of nitrogens with one attached hydrogen (secondary N) is 1. The molecule has 2 aromatic rings. The van der Waals surface area contributed by atoms with Gasteiger partial charge < -0.3 is 21.3 Å². The van der Waals surface area contributed by atoms with Crippen molar-refractivity contribution in [3.63, 3.8) is 0 Å². The van der Waals surface area contributed by atoms with Gasteiger partial charge in [0.05, 0.1) is 5.60 Å². The zero-order chi connectivity index (χ0) is 21.2. The van der Waals surface area contributed by atoms with Gasteiger partial charge in [0.15, 0.2) is 0 Å². The lowest BCUT2D eigenvalue weighted by Gasteiger charge is -2.65. The van der Waals surface area contributed by atoms with Crippen LogP contribution >= 0.6 is 0 Å². The van der Waals surface area contributed by atoms with Crippen LogP contribution in [-0.2, 0) is 11.8 Å². The Hall–Kier alpha value is -2.24. The second-order valence-electron chi connectivity index (χ2n) is 10.5. The first-order valence-electron chi connectivity index (χ1n) is 11.9. The van der Waals surface area contributed by atoms with Crippen LogP contribution in [0.2, 0.25) is 0 Å². The average molecular weight is 420 g/mol. The topological polar surface area (TPSA) is 81.8 Å². The third-order valence-electron chi connectivity index (χ3n) is 8.61. The van der Waals surface area contributed by atoms with Crippen LogP contribution in [0.1, 0.15) is 49.7 Å². The highest BCUT2D eigenvalue weighted by atomic mass is 16.3. The Morgan fingerprint density at radius 2 is 1.87 bits per heavy atom. The van der Waals surface area contributed by atoms with E-state index in [9.17, 15) is 10.2 Å². The van der Waals surface area contributed by atoms with Gasteiger partial charge in [-0.3, -0.25) is 4.90 Å².